The van der Waals surface area contributed by atoms with E-state index in [0.717, 1.165) is 11.1 Å². The molecular formula is C25H31N3O4. The number of aryl methyl sites for hydroxylation is 1. The van der Waals surface area contributed by atoms with Gasteiger partial charge in [-0.15, -0.1) is 0 Å². The van der Waals surface area contributed by atoms with Gasteiger partial charge in [-0.2, -0.15) is 0 Å². The number of ether oxygens (including phenoxy) is 1. The van der Waals surface area contributed by atoms with E-state index in [0.29, 0.717) is 17.1 Å². The average Bonchev–Trinajstić information content (AvgIpc) is 2.85. The maximum absolute atomic E-state index is 13.2. The number of hydrogen-bond donors (Lipinski definition) is 1. The van der Waals surface area contributed by atoms with Crippen molar-refractivity contribution in [3.8, 4) is 5.75 Å². The topological polar surface area (TPSA) is 79.0 Å². The largest absolute Gasteiger partial charge is 0.483 e. The Hall–Kier alpha value is -3.35. The van der Waals surface area contributed by atoms with Crippen molar-refractivity contribution in [2.45, 2.75) is 46.1 Å². The summed E-state index contributed by atoms with van der Waals surface area (Å²) in [6.45, 7) is 7.69. The average molecular weight is 438 g/mol. The van der Waals surface area contributed by atoms with Crippen molar-refractivity contribution in [3.63, 3.8) is 0 Å². The van der Waals surface area contributed by atoms with Gasteiger partial charge in [0.1, 0.15) is 5.75 Å². The molecule has 0 spiro atoms. The van der Waals surface area contributed by atoms with Gasteiger partial charge in [-0.1, -0.05) is 38.1 Å². The van der Waals surface area contributed by atoms with Gasteiger partial charge >= 0.3 is 0 Å². The quantitative estimate of drug-likeness (QED) is 0.747. The monoisotopic (exact) mass is 437 g/mol. The van der Waals surface area contributed by atoms with E-state index in [1.54, 1.807) is 24.1 Å². The molecule has 3 amide bonds. The first kappa shape index (κ1) is 23.3. The van der Waals surface area contributed by atoms with E-state index < -0.39 is 0 Å². The standard InChI is InChI=1S/C25H31N3O4/c1-16(2)19-11-10-17(3)12-22(19)32-15-25(31)27(5)14-24(30)28-18(4)13-23(29)26-20-8-6-7-9-21(20)28/h6-12,16,18H,13-15H2,1-5H3,(H,26,29)/t18-/m1/s1. The third-order valence-corrected chi connectivity index (χ3v) is 5.57. The van der Waals surface area contributed by atoms with Crippen molar-refractivity contribution in [2.75, 3.05) is 30.4 Å². The Kier molecular flexibility index (Phi) is 7.18. The van der Waals surface area contributed by atoms with Gasteiger partial charge in [-0.3, -0.25) is 14.4 Å². The molecule has 2 aromatic rings. The molecule has 1 atom stereocenters. The SMILES string of the molecule is Cc1ccc(C(C)C)c(OCC(=O)N(C)CC(=O)N2c3ccccc3NC(=O)C[C@H]2C)c1. The van der Waals surface area contributed by atoms with Gasteiger partial charge in [0.05, 0.1) is 17.9 Å². The molecule has 0 saturated heterocycles. The normalized spacial score (nSPS) is 15.6. The number of hydrogen-bond acceptors (Lipinski definition) is 4. The summed E-state index contributed by atoms with van der Waals surface area (Å²) in [5.41, 5.74) is 3.31. The molecule has 2 aromatic carbocycles. The third-order valence-electron chi connectivity index (χ3n) is 5.57. The Labute approximate surface area is 189 Å². The zero-order valence-corrected chi connectivity index (χ0v) is 19.3. The number of para-hydroxylation sites is 2. The Balaban J connectivity index is 1.69. The number of nitrogens with zero attached hydrogens (tertiary/aromatic N) is 2. The van der Waals surface area contributed by atoms with Crippen molar-refractivity contribution in [2.24, 2.45) is 0 Å². The minimum atomic E-state index is -0.327. The molecule has 7 nitrogen and oxygen atoms in total. The second kappa shape index (κ2) is 9.85. The van der Waals surface area contributed by atoms with Gasteiger partial charge in [0, 0.05) is 19.5 Å². The summed E-state index contributed by atoms with van der Waals surface area (Å²) in [6, 6.07) is 12.8. The Morgan fingerprint density at radius 3 is 2.66 bits per heavy atom. The molecule has 170 valence electrons. The van der Waals surface area contributed by atoms with Crippen molar-refractivity contribution in [1.82, 2.24) is 4.90 Å². The van der Waals surface area contributed by atoms with Crippen molar-refractivity contribution in [3.05, 3.63) is 53.6 Å². The van der Waals surface area contributed by atoms with Crippen LogP contribution in [-0.4, -0.2) is 48.9 Å². The Bertz CT molecular complexity index is 1020. The van der Waals surface area contributed by atoms with Crippen LogP contribution in [0.3, 0.4) is 0 Å². The minimum Gasteiger partial charge on any atom is -0.483 e. The van der Waals surface area contributed by atoms with E-state index in [9.17, 15) is 14.4 Å². The summed E-state index contributed by atoms with van der Waals surface area (Å²) in [5, 5.41) is 2.84. The number of benzene rings is 2. The van der Waals surface area contributed by atoms with Gasteiger partial charge < -0.3 is 19.9 Å². The van der Waals surface area contributed by atoms with E-state index in [-0.39, 0.29) is 49.3 Å². The molecule has 0 saturated carbocycles. The number of rotatable bonds is 6. The summed E-state index contributed by atoms with van der Waals surface area (Å²) in [7, 11) is 1.58. The van der Waals surface area contributed by atoms with E-state index in [1.807, 2.05) is 44.2 Å². The lowest BCUT2D eigenvalue weighted by Gasteiger charge is -2.29. The van der Waals surface area contributed by atoms with Crippen LogP contribution in [0.1, 0.15) is 44.2 Å². The lowest BCUT2D eigenvalue weighted by Crippen LogP contribution is -2.46. The molecule has 1 N–H and O–H groups in total. The molecule has 1 heterocycles. The smallest absolute Gasteiger partial charge is 0.260 e. The number of carbonyl (C=O) groups is 3. The summed E-state index contributed by atoms with van der Waals surface area (Å²) < 4.78 is 5.83. The van der Waals surface area contributed by atoms with Crippen LogP contribution in [0.2, 0.25) is 0 Å². The van der Waals surface area contributed by atoms with Crippen LogP contribution >= 0.6 is 0 Å². The zero-order valence-electron chi connectivity index (χ0n) is 19.3. The maximum atomic E-state index is 13.2. The van der Waals surface area contributed by atoms with E-state index >= 15 is 0 Å². The molecule has 0 aromatic heterocycles. The van der Waals surface area contributed by atoms with Crippen molar-refractivity contribution in [1.29, 1.82) is 0 Å². The first-order valence-electron chi connectivity index (χ1n) is 10.9. The molecule has 0 bridgehead atoms. The fraction of sp³-hybridized carbons (Fsp3) is 0.400. The number of carbonyl (C=O) groups excluding carboxylic acids is 3. The molecule has 3 rings (SSSR count). The molecule has 0 aliphatic carbocycles. The van der Waals surface area contributed by atoms with Crippen LogP contribution < -0.4 is 15.0 Å². The number of anilines is 2. The molecule has 0 fully saturated rings. The summed E-state index contributed by atoms with van der Waals surface area (Å²) in [5.74, 6) is 0.265. The van der Waals surface area contributed by atoms with Gasteiger partial charge in [-0.25, -0.2) is 0 Å². The van der Waals surface area contributed by atoms with Crippen molar-refractivity contribution < 1.29 is 19.1 Å². The van der Waals surface area contributed by atoms with E-state index in [4.69, 9.17) is 4.74 Å². The number of fused-ring (bicyclic) bond motifs is 1. The van der Waals surface area contributed by atoms with E-state index in [1.165, 1.54) is 4.90 Å². The van der Waals surface area contributed by atoms with Crippen LogP contribution in [0, 0.1) is 6.92 Å². The van der Waals surface area contributed by atoms with Crippen LogP contribution in [-0.2, 0) is 14.4 Å². The third kappa shape index (κ3) is 5.28. The van der Waals surface area contributed by atoms with E-state index in [2.05, 4.69) is 19.2 Å². The summed E-state index contributed by atoms with van der Waals surface area (Å²) in [4.78, 5) is 41.0. The summed E-state index contributed by atoms with van der Waals surface area (Å²) in [6.07, 6.45) is 0.187. The Morgan fingerprint density at radius 2 is 1.94 bits per heavy atom. The lowest BCUT2D eigenvalue weighted by molar-refractivity contribution is -0.135. The lowest BCUT2D eigenvalue weighted by atomic mass is 10.0. The highest BCUT2D eigenvalue weighted by Gasteiger charge is 2.30. The first-order valence-corrected chi connectivity index (χ1v) is 10.9. The minimum absolute atomic E-state index is 0.111. The Morgan fingerprint density at radius 1 is 1.22 bits per heavy atom. The molecule has 7 heteroatoms. The molecule has 0 radical (unpaired) electrons. The highest BCUT2D eigenvalue weighted by molar-refractivity contribution is 6.05. The van der Waals surface area contributed by atoms with Crippen LogP contribution in [0.5, 0.6) is 5.75 Å². The molecule has 32 heavy (non-hydrogen) atoms. The fourth-order valence-electron chi connectivity index (χ4n) is 3.83. The highest BCUT2D eigenvalue weighted by Crippen LogP contribution is 2.31. The van der Waals surface area contributed by atoms with Crippen LogP contribution in [0.15, 0.2) is 42.5 Å². The van der Waals surface area contributed by atoms with Crippen molar-refractivity contribution >= 4 is 29.1 Å². The predicted octanol–water partition coefficient (Wildman–Crippen LogP) is 3.72. The molecule has 0 unspecified atom stereocenters. The van der Waals surface area contributed by atoms with Gasteiger partial charge in [0.2, 0.25) is 11.8 Å². The first-order chi connectivity index (χ1) is 15.2. The number of likely N-dealkylation sites (N-methyl/N-ethyl adjacent to an activating group) is 1. The molecular weight excluding hydrogens is 406 g/mol. The molecule has 1 aliphatic heterocycles. The zero-order chi connectivity index (χ0) is 23.4. The molecule has 1 aliphatic rings. The summed E-state index contributed by atoms with van der Waals surface area (Å²) >= 11 is 0. The predicted molar refractivity (Wildman–Crippen MR) is 125 cm³/mol. The van der Waals surface area contributed by atoms with Crippen LogP contribution in [0.4, 0.5) is 11.4 Å². The second-order valence-electron chi connectivity index (χ2n) is 8.62. The highest BCUT2D eigenvalue weighted by atomic mass is 16.5. The van der Waals surface area contributed by atoms with Gasteiger partial charge in [-0.05, 0) is 49.1 Å². The number of nitrogens with one attached hydrogen (secondary N) is 1. The van der Waals surface area contributed by atoms with Gasteiger partial charge in [0.15, 0.2) is 6.61 Å². The van der Waals surface area contributed by atoms with Gasteiger partial charge in [0.25, 0.3) is 5.91 Å². The number of amides is 3. The fourth-order valence-corrected chi connectivity index (χ4v) is 3.83. The van der Waals surface area contributed by atoms with Crippen LogP contribution in [0.25, 0.3) is 0 Å². The maximum Gasteiger partial charge on any atom is 0.260 e. The second-order valence-corrected chi connectivity index (χ2v) is 8.62.